The van der Waals surface area contributed by atoms with E-state index in [-0.39, 0.29) is 0 Å². The molecular formula is C16H26O. The van der Waals surface area contributed by atoms with E-state index in [0.29, 0.717) is 0 Å². The molecule has 1 heteroatoms. The largest absolute Gasteiger partial charge is 0.469 e. The van der Waals surface area contributed by atoms with Gasteiger partial charge in [-0.15, -0.1) is 0 Å². The molecule has 0 aliphatic heterocycles. The molecule has 0 atom stereocenters. The minimum absolute atomic E-state index is 1.08. The molecule has 1 nitrogen and oxygen atoms in total. The van der Waals surface area contributed by atoms with Gasteiger partial charge in [-0.05, 0) is 44.2 Å². The van der Waals surface area contributed by atoms with Crippen molar-refractivity contribution in [2.45, 2.75) is 64.7 Å². The van der Waals surface area contributed by atoms with E-state index in [2.05, 4.69) is 25.1 Å². The van der Waals surface area contributed by atoms with Crippen LogP contribution in [-0.2, 0) is 6.42 Å². The predicted molar refractivity (Wildman–Crippen MR) is 74.2 cm³/mol. The molecule has 96 valence electrons. The summed E-state index contributed by atoms with van der Waals surface area (Å²) in [6.45, 7) is 2.26. The fraction of sp³-hybridized carbons (Fsp3) is 0.625. The first-order valence-corrected chi connectivity index (χ1v) is 7.11. The Balaban J connectivity index is 1.85. The molecule has 1 rings (SSSR count). The van der Waals surface area contributed by atoms with Gasteiger partial charge in [-0.1, -0.05) is 38.3 Å². The third-order valence-electron chi connectivity index (χ3n) is 3.02. The van der Waals surface area contributed by atoms with Crippen molar-refractivity contribution in [2.24, 2.45) is 0 Å². The van der Waals surface area contributed by atoms with Crippen LogP contribution in [-0.4, -0.2) is 0 Å². The zero-order valence-electron chi connectivity index (χ0n) is 11.2. The molecule has 1 aromatic heterocycles. The number of aryl methyl sites for hydroxylation is 1. The molecule has 0 fully saturated rings. The van der Waals surface area contributed by atoms with Gasteiger partial charge in [-0.25, -0.2) is 0 Å². The highest BCUT2D eigenvalue weighted by atomic mass is 16.3. The van der Waals surface area contributed by atoms with Gasteiger partial charge >= 0.3 is 0 Å². The highest BCUT2D eigenvalue weighted by Gasteiger charge is 1.93. The van der Waals surface area contributed by atoms with Crippen LogP contribution in [0.25, 0.3) is 0 Å². The van der Waals surface area contributed by atoms with Crippen molar-refractivity contribution < 1.29 is 4.42 Å². The molecule has 0 radical (unpaired) electrons. The Bertz CT molecular complexity index is 272. The van der Waals surface area contributed by atoms with Crippen LogP contribution in [0, 0.1) is 0 Å². The van der Waals surface area contributed by atoms with E-state index in [1.54, 1.807) is 6.26 Å². The molecule has 0 saturated carbocycles. The van der Waals surface area contributed by atoms with Crippen LogP contribution >= 0.6 is 0 Å². The van der Waals surface area contributed by atoms with Crippen molar-refractivity contribution in [3.8, 4) is 0 Å². The summed E-state index contributed by atoms with van der Waals surface area (Å²) in [6.07, 6.45) is 18.0. The van der Waals surface area contributed by atoms with Crippen LogP contribution in [0.5, 0.6) is 0 Å². The van der Waals surface area contributed by atoms with Crippen molar-refractivity contribution in [1.82, 2.24) is 0 Å². The Labute approximate surface area is 106 Å². The third kappa shape index (κ3) is 7.84. The molecule has 0 spiro atoms. The zero-order chi connectivity index (χ0) is 12.2. The highest BCUT2D eigenvalue weighted by Crippen LogP contribution is 2.08. The normalized spacial score (nSPS) is 11.4. The van der Waals surface area contributed by atoms with Gasteiger partial charge in [0.25, 0.3) is 0 Å². The predicted octanol–water partition coefficient (Wildman–Crippen LogP) is 5.52. The Morgan fingerprint density at radius 3 is 2.41 bits per heavy atom. The van der Waals surface area contributed by atoms with Crippen molar-refractivity contribution in [2.75, 3.05) is 0 Å². The molecule has 0 unspecified atom stereocenters. The second kappa shape index (κ2) is 10.2. The second-order valence-corrected chi connectivity index (χ2v) is 4.65. The Morgan fingerprint density at radius 1 is 1.00 bits per heavy atom. The lowest BCUT2D eigenvalue weighted by Crippen LogP contribution is -1.81. The minimum Gasteiger partial charge on any atom is -0.469 e. The lowest BCUT2D eigenvalue weighted by molar-refractivity contribution is 0.498. The lowest BCUT2D eigenvalue weighted by Gasteiger charge is -1.96. The van der Waals surface area contributed by atoms with Gasteiger partial charge < -0.3 is 4.42 Å². The number of allylic oxidation sites excluding steroid dienone is 2. The van der Waals surface area contributed by atoms with E-state index in [1.165, 1.54) is 51.4 Å². The van der Waals surface area contributed by atoms with Crippen LogP contribution in [0.1, 0.15) is 64.1 Å². The molecule has 0 aliphatic carbocycles. The number of furan rings is 1. The zero-order valence-corrected chi connectivity index (χ0v) is 11.2. The van der Waals surface area contributed by atoms with Gasteiger partial charge in [0, 0.05) is 6.42 Å². The summed E-state index contributed by atoms with van der Waals surface area (Å²) in [5.41, 5.74) is 0. The number of unbranched alkanes of at least 4 members (excludes halogenated alkanes) is 6. The first kappa shape index (κ1) is 14.1. The molecule has 0 saturated heterocycles. The smallest absolute Gasteiger partial charge is 0.103 e. The summed E-state index contributed by atoms with van der Waals surface area (Å²) in [6, 6.07) is 4.02. The van der Waals surface area contributed by atoms with Gasteiger partial charge in [0.15, 0.2) is 0 Å². The second-order valence-electron chi connectivity index (χ2n) is 4.65. The molecule has 0 aromatic carbocycles. The summed E-state index contributed by atoms with van der Waals surface area (Å²) >= 11 is 0. The fourth-order valence-electron chi connectivity index (χ4n) is 1.94. The number of hydrogen-bond acceptors (Lipinski definition) is 1. The fourth-order valence-corrected chi connectivity index (χ4v) is 1.94. The van der Waals surface area contributed by atoms with Crippen molar-refractivity contribution >= 4 is 0 Å². The third-order valence-corrected chi connectivity index (χ3v) is 3.02. The van der Waals surface area contributed by atoms with Crippen LogP contribution in [0.3, 0.4) is 0 Å². The summed E-state index contributed by atoms with van der Waals surface area (Å²) < 4.78 is 5.30. The van der Waals surface area contributed by atoms with Gasteiger partial charge in [0.2, 0.25) is 0 Å². The summed E-state index contributed by atoms with van der Waals surface area (Å²) in [7, 11) is 0. The van der Waals surface area contributed by atoms with E-state index in [1.807, 2.05) is 6.07 Å². The van der Waals surface area contributed by atoms with Crippen LogP contribution in [0.4, 0.5) is 0 Å². The average molecular weight is 234 g/mol. The van der Waals surface area contributed by atoms with E-state index in [4.69, 9.17) is 4.42 Å². The SMILES string of the molecule is CCCCCCC=CCCCCc1ccco1. The van der Waals surface area contributed by atoms with E-state index in [0.717, 1.165) is 12.2 Å². The topological polar surface area (TPSA) is 13.1 Å². The Kier molecular flexibility index (Phi) is 8.44. The first-order valence-electron chi connectivity index (χ1n) is 7.11. The Morgan fingerprint density at radius 2 is 1.76 bits per heavy atom. The maximum absolute atomic E-state index is 5.30. The summed E-state index contributed by atoms with van der Waals surface area (Å²) in [4.78, 5) is 0. The maximum Gasteiger partial charge on any atom is 0.103 e. The molecule has 1 aromatic rings. The van der Waals surface area contributed by atoms with Gasteiger partial charge in [-0.2, -0.15) is 0 Å². The van der Waals surface area contributed by atoms with Gasteiger partial charge in [-0.3, -0.25) is 0 Å². The van der Waals surface area contributed by atoms with Crippen molar-refractivity contribution in [3.05, 3.63) is 36.3 Å². The summed E-state index contributed by atoms with van der Waals surface area (Å²) in [5, 5.41) is 0. The molecule has 1 heterocycles. The maximum atomic E-state index is 5.30. The standard InChI is InChI=1S/C16H26O/c1-2-3-4-5-6-7-8-9-10-11-13-16-14-12-15-17-16/h7-8,12,14-15H,2-6,9-11,13H2,1H3. The number of rotatable bonds is 10. The summed E-state index contributed by atoms with van der Waals surface area (Å²) in [5.74, 6) is 1.12. The van der Waals surface area contributed by atoms with Crippen LogP contribution in [0.2, 0.25) is 0 Å². The van der Waals surface area contributed by atoms with Gasteiger partial charge in [0.05, 0.1) is 6.26 Å². The quantitative estimate of drug-likeness (QED) is 0.384. The van der Waals surface area contributed by atoms with Gasteiger partial charge in [0.1, 0.15) is 5.76 Å². The molecule has 0 bridgehead atoms. The Hall–Kier alpha value is -0.980. The van der Waals surface area contributed by atoms with E-state index in [9.17, 15) is 0 Å². The number of hydrogen-bond donors (Lipinski definition) is 0. The minimum atomic E-state index is 1.08. The molecule has 17 heavy (non-hydrogen) atoms. The monoisotopic (exact) mass is 234 g/mol. The average Bonchev–Trinajstić information content (AvgIpc) is 2.85. The van der Waals surface area contributed by atoms with Crippen LogP contribution in [0.15, 0.2) is 35.0 Å². The lowest BCUT2D eigenvalue weighted by atomic mass is 10.1. The van der Waals surface area contributed by atoms with E-state index >= 15 is 0 Å². The van der Waals surface area contributed by atoms with E-state index < -0.39 is 0 Å². The first-order chi connectivity index (χ1) is 8.43. The van der Waals surface area contributed by atoms with Crippen molar-refractivity contribution in [3.63, 3.8) is 0 Å². The van der Waals surface area contributed by atoms with Crippen LogP contribution < -0.4 is 0 Å². The highest BCUT2D eigenvalue weighted by molar-refractivity contribution is 4.97. The molecule has 0 amide bonds. The molecule has 0 N–H and O–H groups in total. The molecular weight excluding hydrogens is 208 g/mol. The molecule has 0 aliphatic rings. The van der Waals surface area contributed by atoms with Crippen molar-refractivity contribution in [1.29, 1.82) is 0 Å².